The summed E-state index contributed by atoms with van der Waals surface area (Å²) in [6, 6.07) is 40.7. The number of thioether (sulfide) groups is 1. The van der Waals surface area contributed by atoms with E-state index >= 15 is 0 Å². The number of benzene rings is 4. The van der Waals surface area contributed by atoms with Crippen LogP contribution in [0.25, 0.3) is 0 Å². The molecule has 0 aromatic heterocycles. The maximum atomic E-state index is 6.85. The fraction of sp³-hybridized carbons (Fsp3) is 0.351. The molecule has 4 aromatic carbocycles. The lowest BCUT2D eigenvalue weighted by Gasteiger charge is -2.46. The van der Waals surface area contributed by atoms with Crippen molar-refractivity contribution in [3.8, 4) is 0 Å². The van der Waals surface area contributed by atoms with Crippen molar-refractivity contribution in [1.82, 2.24) is 0 Å². The highest BCUT2D eigenvalue weighted by Crippen LogP contribution is 2.38. The fourth-order valence-electron chi connectivity index (χ4n) is 5.08. The Kier molecular flexibility index (Phi) is 14.2. The average molecular weight is 649 g/mol. The fourth-order valence-corrected chi connectivity index (χ4v) is 6.34. The summed E-state index contributed by atoms with van der Waals surface area (Å²) >= 11 is 7.39. The molecule has 5 atom stereocenters. The number of hydrogen-bond donors (Lipinski definition) is 0. The zero-order chi connectivity index (χ0) is 30.9. The SMILES string of the molecule is ClCCOCCOC[C@H]1O[C@@H](Sc2ccccc2)[C@H](OCc2ccccc2)[C@@H](OCc2ccccc2)[C@H]1OCc1ccccc1. The third-order valence-corrected chi connectivity index (χ3v) is 8.63. The van der Waals surface area contributed by atoms with E-state index in [1.165, 1.54) is 0 Å². The summed E-state index contributed by atoms with van der Waals surface area (Å²) in [5, 5.41) is 0. The molecular weight excluding hydrogens is 608 g/mol. The van der Waals surface area contributed by atoms with Crippen LogP contribution in [-0.4, -0.2) is 62.2 Å². The summed E-state index contributed by atoms with van der Waals surface area (Å²) in [4.78, 5) is 1.08. The third-order valence-electron chi connectivity index (χ3n) is 7.32. The predicted octanol–water partition coefficient (Wildman–Crippen LogP) is 7.53. The molecule has 4 aromatic rings. The first kappa shape index (κ1) is 33.6. The van der Waals surface area contributed by atoms with E-state index in [1.807, 2.05) is 72.8 Å². The second-order valence-electron chi connectivity index (χ2n) is 10.6. The van der Waals surface area contributed by atoms with Crippen LogP contribution in [0.1, 0.15) is 16.7 Å². The Morgan fingerprint density at radius 2 is 1.00 bits per heavy atom. The monoisotopic (exact) mass is 648 g/mol. The van der Waals surface area contributed by atoms with Crippen LogP contribution in [0.3, 0.4) is 0 Å². The van der Waals surface area contributed by atoms with Crippen LogP contribution in [0, 0.1) is 0 Å². The van der Waals surface area contributed by atoms with Crippen molar-refractivity contribution in [2.75, 3.05) is 32.3 Å². The second-order valence-corrected chi connectivity index (χ2v) is 12.2. The van der Waals surface area contributed by atoms with Gasteiger partial charge in [0.15, 0.2) is 0 Å². The van der Waals surface area contributed by atoms with E-state index < -0.39 is 24.4 Å². The highest BCUT2D eigenvalue weighted by molar-refractivity contribution is 7.99. The molecule has 5 rings (SSSR count). The Bertz CT molecular complexity index is 1330. The van der Waals surface area contributed by atoms with E-state index in [0.717, 1.165) is 21.6 Å². The normalized spacial score (nSPS) is 21.5. The molecule has 238 valence electrons. The Morgan fingerprint density at radius 3 is 1.53 bits per heavy atom. The van der Waals surface area contributed by atoms with Gasteiger partial charge < -0.3 is 28.4 Å². The van der Waals surface area contributed by atoms with Gasteiger partial charge in [-0.1, -0.05) is 121 Å². The quantitative estimate of drug-likeness (QED) is 0.0817. The zero-order valence-corrected chi connectivity index (χ0v) is 26.9. The standard InChI is InChI=1S/C37H41ClO6S/c38-21-22-39-23-24-40-28-33-34(41-25-29-13-5-1-6-14-29)35(42-26-30-15-7-2-8-16-30)36(43-27-31-17-9-3-10-18-31)37(44-33)45-32-19-11-4-12-20-32/h1-20,33-37H,21-28H2/t33-,34+,35+,36-,37+/m1/s1. The third kappa shape index (κ3) is 10.9. The van der Waals surface area contributed by atoms with Gasteiger partial charge in [-0.15, -0.1) is 11.6 Å². The molecule has 1 aliphatic heterocycles. The largest absolute Gasteiger partial charge is 0.378 e. The number of halogens is 1. The Balaban J connectivity index is 1.43. The minimum Gasteiger partial charge on any atom is -0.378 e. The number of hydrogen-bond acceptors (Lipinski definition) is 7. The number of rotatable bonds is 18. The molecule has 1 heterocycles. The molecule has 0 bridgehead atoms. The first-order valence-corrected chi connectivity index (χ1v) is 16.8. The van der Waals surface area contributed by atoms with E-state index in [-0.39, 0.29) is 5.44 Å². The van der Waals surface area contributed by atoms with Gasteiger partial charge in [-0.3, -0.25) is 0 Å². The van der Waals surface area contributed by atoms with Gasteiger partial charge in [-0.25, -0.2) is 0 Å². The minimum atomic E-state index is -0.467. The van der Waals surface area contributed by atoms with Crippen LogP contribution < -0.4 is 0 Å². The molecule has 0 spiro atoms. The van der Waals surface area contributed by atoms with Crippen molar-refractivity contribution < 1.29 is 28.4 Å². The van der Waals surface area contributed by atoms with Crippen LogP contribution in [-0.2, 0) is 48.2 Å². The first-order valence-electron chi connectivity index (χ1n) is 15.4. The minimum absolute atomic E-state index is 0.312. The lowest BCUT2D eigenvalue weighted by atomic mass is 9.99. The first-order chi connectivity index (χ1) is 22.3. The van der Waals surface area contributed by atoms with Crippen LogP contribution in [0.15, 0.2) is 126 Å². The topological polar surface area (TPSA) is 55.4 Å². The van der Waals surface area contributed by atoms with Crippen LogP contribution in [0.4, 0.5) is 0 Å². The van der Waals surface area contributed by atoms with Crippen LogP contribution >= 0.6 is 23.4 Å². The maximum Gasteiger partial charge on any atom is 0.137 e. The van der Waals surface area contributed by atoms with Crippen molar-refractivity contribution in [3.05, 3.63) is 138 Å². The van der Waals surface area contributed by atoms with Crippen LogP contribution in [0.5, 0.6) is 0 Å². The summed E-state index contributed by atoms with van der Waals surface area (Å²) < 4.78 is 38.7. The summed E-state index contributed by atoms with van der Waals surface area (Å²) in [6.07, 6.45) is -1.77. The molecule has 8 heteroatoms. The van der Waals surface area contributed by atoms with Crippen molar-refractivity contribution in [2.24, 2.45) is 0 Å². The smallest absolute Gasteiger partial charge is 0.137 e. The molecule has 0 unspecified atom stereocenters. The van der Waals surface area contributed by atoms with Gasteiger partial charge in [0.25, 0.3) is 0 Å². The average Bonchev–Trinajstić information content (AvgIpc) is 3.09. The Morgan fingerprint density at radius 1 is 0.533 bits per heavy atom. The lowest BCUT2D eigenvalue weighted by Crippen LogP contribution is -2.60. The van der Waals surface area contributed by atoms with Crippen molar-refractivity contribution in [3.63, 3.8) is 0 Å². The molecule has 0 radical (unpaired) electrons. The summed E-state index contributed by atoms with van der Waals surface area (Å²) in [7, 11) is 0. The second kappa shape index (κ2) is 19.1. The number of ether oxygens (including phenoxy) is 6. The molecule has 1 saturated heterocycles. The summed E-state index contributed by atoms with van der Waals surface area (Å²) in [6.45, 7) is 2.89. The molecule has 0 saturated carbocycles. The van der Waals surface area contributed by atoms with Gasteiger partial charge in [0.05, 0.1) is 46.2 Å². The van der Waals surface area contributed by atoms with E-state index in [9.17, 15) is 0 Å². The zero-order valence-electron chi connectivity index (χ0n) is 25.3. The van der Waals surface area contributed by atoms with Crippen molar-refractivity contribution in [1.29, 1.82) is 0 Å². The number of alkyl halides is 1. The molecule has 1 fully saturated rings. The highest BCUT2D eigenvalue weighted by atomic mass is 35.5. The Labute approximate surface area is 275 Å². The predicted molar refractivity (Wildman–Crippen MR) is 178 cm³/mol. The molecule has 45 heavy (non-hydrogen) atoms. The van der Waals surface area contributed by atoms with E-state index in [2.05, 4.69) is 48.5 Å². The van der Waals surface area contributed by atoms with Gasteiger partial charge in [0.2, 0.25) is 0 Å². The van der Waals surface area contributed by atoms with Crippen molar-refractivity contribution in [2.45, 2.75) is 54.6 Å². The molecule has 1 aliphatic rings. The van der Waals surface area contributed by atoms with Gasteiger partial charge in [0.1, 0.15) is 29.9 Å². The lowest BCUT2D eigenvalue weighted by molar-refractivity contribution is -0.254. The van der Waals surface area contributed by atoms with Gasteiger partial charge >= 0.3 is 0 Å². The van der Waals surface area contributed by atoms with E-state index in [0.29, 0.717) is 52.1 Å². The molecule has 0 aliphatic carbocycles. The van der Waals surface area contributed by atoms with Gasteiger partial charge in [-0.05, 0) is 28.8 Å². The van der Waals surface area contributed by atoms with E-state index in [1.54, 1.807) is 11.8 Å². The molecule has 6 nitrogen and oxygen atoms in total. The van der Waals surface area contributed by atoms with Gasteiger partial charge in [0, 0.05) is 10.8 Å². The summed E-state index contributed by atoms with van der Waals surface area (Å²) in [5.41, 5.74) is 2.83. The molecular formula is C37H41ClO6S. The maximum absolute atomic E-state index is 6.85. The Hall–Kier alpha value is -2.72. The molecule has 0 N–H and O–H groups in total. The van der Waals surface area contributed by atoms with Crippen LogP contribution in [0.2, 0.25) is 0 Å². The van der Waals surface area contributed by atoms with Crippen molar-refractivity contribution >= 4 is 23.4 Å². The summed E-state index contributed by atoms with van der Waals surface area (Å²) in [5.74, 6) is 0.449. The highest BCUT2D eigenvalue weighted by Gasteiger charge is 2.48. The molecule has 0 amide bonds. The van der Waals surface area contributed by atoms with E-state index in [4.69, 9.17) is 40.0 Å². The van der Waals surface area contributed by atoms with Gasteiger partial charge in [-0.2, -0.15) is 0 Å².